The van der Waals surface area contributed by atoms with Crippen LogP contribution in [0.5, 0.6) is 23.0 Å². The minimum absolute atomic E-state index is 0.101. The Morgan fingerprint density at radius 3 is 2.26 bits per heavy atom. The van der Waals surface area contributed by atoms with Gasteiger partial charge in [-0.1, -0.05) is 12.1 Å². The average molecular weight is 553 g/mol. The third-order valence-corrected chi connectivity index (χ3v) is 7.38. The van der Waals surface area contributed by atoms with Gasteiger partial charge in [0.05, 0.1) is 40.5 Å². The normalized spacial score (nSPS) is 10.5. The molecule has 0 atom stereocenters. The summed E-state index contributed by atoms with van der Waals surface area (Å²) >= 11 is 1.61. The Bertz CT molecular complexity index is 1290. The van der Waals surface area contributed by atoms with Crippen LogP contribution in [0.2, 0.25) is 0 Å². The molecule has 0 aliphatic heterocycles. The van der Waals surface area contributed by atoms with E-state index in [1.54, 1.807) is 61.8 Å². The lowest BCUT2D eigenvalue weighted by Crippen LogP contribution is -2.43. The number of rotatable bonds is 14. The molecule has 2 amide bonds. The van der Waals surface area contributed by atoms with Gasteiger partial charge in [-0.3, -0.25) is 9.59 Å². The summed E-state index contributed by atoms with van der Waals surface area (Å²) in [6.07, 6.45) is 2.22. The fraction of sp³-hybridized carbons (Fsp3) is 0.333. The molecule has 0 radical (unpaired) electrons. The second-order valence-corrected chi connectivity index (χ2v) is 9.82. The number of carbonyl (C=O) groups is 2. The molecule has 9 heteroatoms. The van der Waals surface area contributed by atoms with Gasteiger partial charge in [0.15, 0.2) is 11.5 Å². The smallest absolute Gasteiger partial charge is 0.258 e. The molecule has 208 valence electrons. The standard InChI is InChI=1S/C30H36N2O6S/c1-7-14-32(30(34)24-10-9-23(35-3)18-26(24)37-5)20-29(33)31(19-28-21(2)13-16-39-28)15-12-22-8-11-25(36-4)27(17-22)38-6/h7-11,13,16-18H,1,12,14-15,19-20H2,2-6H3. The van der Waals surface area contributed by atoms with Gasteiger partial charge in [-0.05, 0) is 60.2 Å². The maximum Gasteiger partial charge on any atom is 0.258 e. The van der Waals surface area contributed by atoms with E-state index in [2.05, 4.69) is 6.58 Å². The molecule has 0 spiro atoms. The Morgan fingerprint density at radius 2 is 1.64 bits per heavy atom. The zero-order chi connectivity index (χ0) is 28.4. The number of ether oxygens (including phenoxy) is 4. The maximum atomic E-state index is 13.7. The van der Waals surface area contributed by atoms with Crippen molar-refractivity contribution in [2.24, 2.45) is 0 Å². The Kier molecular flexibility index (Phi) is 10.8. The lowest BCUT2D eigenvalue weighted by molar-refractivity contribution is -0.132. The summed E-state index contributed by atoms with van der Waals surface area (Å²) in [7, 11) is 6.23. The van der Waals surface area contributed by atoms with Crippen LogP contribution in [0.25, 0.3) is 0 Å². The number of hydrogen-bond donors (Lipinski definition) is 0. The van der Waals surface area contributed by atoms with Crippen molar-refractivity contribution in [3.63, 3.8) is 0 Å². The molecule has 3 rings (SSSR count). The van der Waals surface area contributed by atoms with Crippen molar-refractivity contribution >= 4 is 23.2 Å². The lowest BCUT2D eigenvalue weighted by atomic mass is 10.1. The van der Waals surface area contributed by atoms with E-state index in [1.165, 1.54) is 12.0 Å². The zero-order valence-corrected chi connectivity index (χ0v) is 24.0. The molecule has 39 heavy (non-hydrogen) atoms. The molecule has 3 aromatic rings. The molecule has 2 aromatic carbocycles. The third-order valence-electron chi connectivity index (χ3n) is 6.38. The van der Waals surface area contributed by atoms with Crippen LogP contribution in [0, 0.1) is 6.92 Å². The predicted molar refractivity (Wildman–Crippen MR) is 153 cm³/mol. The van der Waals surface area contributed by atoms with Crippen LogP contribution in [0.1, 0.15) is 26.4 Å². The van der Waals surface area contributed by atoms with Gasteiger partial charge in [-0.25, -0.2) is 0 Å². The Hall–Kier alpha value is -3.98. The molecular weight excluding hydrogens is 516 g/mol. The van der Waals surface area contributed by atoms with Crippen LogP contribution < -0.4 is 18.9 Å². The monoisotopic (exact) mass is 552 g/mol. The molecule has 0 aliphatic rings. The van der Waals surface area contributed by atoms with E-state index in [-0.39, 0.29) is 24.9 Å². The Labute approximate surface area is 234 Å². The molecule has 0 aliphatic carbocycles. The zero-order valence-electron chi connectivity index (χ0n) is 23.2. The summed E-state index contributed by atoms with van der Waals surface area (Å²) in [4.78, 5) is 31.6. The highest BCUT2D eigenvalue weighted by Crippen LogP contribution is 2.28. The van der Waals surface area contributed by atoms with Gasteiger partial charge in [-0.15, -0.1) is 17.9 Å². The second kappa shape index (κ2) is 14.2. The summed E-state index contributed by atoms with van der Waals surface area (Å²) in [5.41, 5.74) is 2.49. The number of thiophene rings is 1. The van der Waals surface area contributed by atoms with E-state index in [9.17, 15) is 9.59 Å². The molecule has 0 saturated heterocycles. The maximum absolute atomic E-state index is 13.7. The summed E-state index contributed by atoms with van der Waals surface area (Å²) < 4.78 is 21.5. The van der Waals surface area contributed by atoms with Crippen LogP contribution in [0.3, 0.4) is 0 Å². The number of aryl methyl sites for hydroxylation is 1. The summed E-state index contributed by atoms with van der Waals surface area (Å²) in [6, 6.07) is 12.8. The topological polar surface area (TPSA) is 77.5 Å². The van der Waals surface area contributed by atoms with Crippen molar-refractivity contribution in [1.29, 1.82) is 0 Å². The van der Waals surface area contributed by atoms with Crippen molar-refractivity contribution in [3.8, 4) is 23.0 Å². The van der Waals surface area contributed by atoms with Crippen molar-refractivity contribution in [1.82, 2.24) is 9.80 Å². The van der Waals surface area contributed by atoms with E-state index in [0.29, 0.717) is 48.1 Å². The first-order valence-corrected chi connectivity index (χ1v) is 13.4. The highest BCUT2D eigenvalue weighted by atomic mass is 32.1. The Balaban J connectivity index is 1.83. The highest BCUT2D eigenvalue weighted by Gasteiger charge is 2.25. The van der Waals surface area contributed by atoms with Crippen LogP contribution in [-0.4, -0.2) is 69.7 Å². The van der Waals surface area contributed by atoms with Crippen LogP contribution in [-0.2, 0) is 17.8 Å². The number of carbonyl (C=O) groups excluding carboxylic acids is 2. The van der Waals surface area contributed by atoms with Crippen molar-refractivity contribution in [3.05, 3.63) is 82.1 Å². The van der Waals surface area contributed by atoms with Crippen molar-refractivity contribution < 1.29 is 28.5 Å². The largest absolute Gasteiger partial charge is 0.497 e. The summed E-state index contributed by atoms with van der Waals surface area (Å²) in [6.45, 7) is 6.85. The number of hydrogen-bond acceptors (Lipinski definition) is 7. The van der Waals surface area contributed by atoms with Gasteiger partial charge in [-0.2, -0.15) is 0 Å². The molecule has 0 N–H and O–H groups in total. The average Bonchev–Trinajstić information content (AvgIpc) is 3.37. The van der Waals surface area contributed by atoms with Crippen LogP contribution >= 0.6 is 11.3 Å². The molecule has 0 bridgehead atoms. The fourth-order valence-electron chi connectivity index (χ4n) is 4.12. The van der Waals surface area contributed by atoms with E-state index in [4.69, 9.17) is 18.9 Å². The quantitative estimate of drug-likeness (QED) is 0.262. The van der Waals surface area contributed by atoms with Gasteiger partial charge in [0.1, 0.15) is 18.0 Å². The van der Waals surface area contributed by atoms with E-state index in [1.807, 2.05) is 36.6 Å². The highest BCUT2D eigenvalue weighted by molar-refractivity contribution is 7.10. The molecule has 1 heterocycles. The lowest BCUT2D eigenvalue weighted by Gasteiger charge is -2.28. The summed E-state index contributed by atoms with van der Waals surface area (Å²) in [5.74, 6) is 1.75. The number of benzene rings is 2. The van der Waals surface area contributed by atoms with Crippen LogP contribution in [0.15, 0.2) is 60.5 Å². The molecule has 0 unspecified atom stereocenters. The van der Waals surface area contributed by atoms with Gasteiger partial charge in [0.25, 0.3) is 5.91 Å². The first kappa shape index (κ1) is 29.6. The molecular formula is C30H36N2O6S. The fourth-order valence-corrected chi connectivity index (χ4v) is 5.04. The van der Waals surface area contributed by atoms with E-state index in [0.717, 1.165) is 16.0 Å². The molecule has 0 saturated carbocycles. The van der Waals surface area contributed by atoms with E-state index >= 15 is 0 Å². The van der Waals surface area contributed by atoms with E-state index < -0.39 is 0 Å². The van der Waals surface area contributed by atoms with Gasteiger partial charge in [0, 0.05) is 24.0 Å². The summed E-state index contributed by atoms with van der Waals surface area (Å²) in [5, 5.41) is 2.02. The molecule has 1 aromatic heterocycles. The first-order valence-electron chi connectivity index (χ1n) is 12.5. The van der Waals surface area contributed by atoms with Crippen molar-refractivity contribution in [2.45, 2.75) is 19.9 Å². The number of amides is 2. The number of nitrogens with zero attached hydrogens (tertiary/aromatic N) is 2. The molecule has 8 nitrogen and oxygen atoms in total. The van der Waals surface area contributed by atoms with Gasteiger partial charge >= 0.3 is 0 Å². The predicted octanol–water partition coefficient (Wildman–Crippen LogP) is 4.99. The molecule has 0 fully saturated rings. The van der Waals surface area contributed by atoms with Gasteiger partial charge in [0.2, 0.25) is 5.91 Å². The van der Waals surface area contributed by atoms with Crippen LogP contribution in [0.4, 0.5) is 0 Å². The third kappa shape index (κ3) is 7.54. The van der Waals surface area contributed by atoms with Crippen molar-refractivity contribution in [2.75, 3.05) is 48.1 Å². The second-order valence-electron chi connectivity index (χ2n) is 8.82. The number of methoxy groups -OCH3 is 4. The first-order chi connectivity index (χ1) is 18.8. The van der Waals surface area contributed by atoms with Gasteiger partial charge < -0.3 is 28.7 Å². The SMILES string of the molecule is C=CCN(CC(=O)N(CCc1ccc(OC)c(OC)c1)Cc1sccc1C)C(=O)c1ccc(OC)cc1OC. The minimum atomic E-state index is -0.324. The Morgan fingerprint density at radius 1 is 0.897 bits per heavy atom. The minimum Gasteiger partial charge on any atom is -0.497 e.